The smallest absolute Gasteiger partial charge is 0.176 e. The molecule has 0 spiro atoms. The van der Waals surface area contributed by atoms with E-state index in [0.29, 0.717) is 0 Å². The van der Waals surface area contributed by atoms with Gasteiger partial charge >= 0.3 is 0 Å². The quantitative estimate of drug-likeness (QED) is 0.539. The van der Waals surface area contributed by atoms with Gasteiger partial charge in [0.2, 0.25) is 0 Å². The average molecular weight is 390 g/mol. The number of carbonyl (C=O) groups is 1. The lowest BCUT2D eigenvalue weighted by atomic mass is 9.93. The summed E-state index contributed by atoms with van der Waals surface area (Å²) < 4.78 is 0.962. The van der Waals surface area contributed by atoms with E-state index in [9.17, 15) is 4.79 Å². The van der Waals surface area contributed by atoms with Gasteiger partial charge in [0, 0.05) is 15.6 Å². The number of hydrogen-bond acceptors (Lipinski definition) is 2. The molecule has 0 heterocycles. The maximum Gasteiger partial charge on any atom is 0.176 e. The summed E-state index contributed by atoms with van der Waals surface area (Å²) in [7, 11) is 0. The highest BCUT2D eigenvalue weighted by Gasteiger charge is 2.37. The van der Waals surface area contributed by atoms with Crippen LogP contribution in [-0.2, 0) is 0 Å². The van der Waals surface area contributed by atoms with Gasteiger partial charge in [0.05, 0.1) is 17.3 Å². The summed E-state index contributed by atoms with van der Waals surface area (Å²) in [5.74, 6) is -0.254. The van der Waals surface area contributed by atoms with E-state index < -0.39 is 0 Å². The van der Waals surface area contributed by atoms with Crippen LogP contribution in [0.1, 0.15) is 33.0 Å². The highest BCUT2D eigenvalue weighted by Crippen LogP contribution is 2.36. The molecule has 1 aliphatic rings. The van der Waals surface area contributed by atoms with Crippen molar-refractivity contribution in [3.63, 3.8) is 0 Å². The molecule has 25 heavy (non-hydrogen) atoms. The van der Waals surface area contributed by atoms with E-state index in [-0.39, 0.29) is 11.7 Å². The molecule has 4 rings (SSSR count). The van der Waals surface area contributed by atoms with E-state index in [2.05, 4.69) is 15.9 Å². The zero-order chi connectivity index (χ0) is 17.4. The molecule has 0 saturated carbocycles. The van der Waals surface area contributed by atoms with Gasteiger partial charge in [0.1, 0.15) is 0 Å². The third-order valence-corrected chi connectivity index (χ3v) is 4.93. The molecule has 0 amide bonds. The summed E-state index contributed by atoms with van der Waals surface area (Å²) in [4.78, 5) is 18.0. The van der Waals surface area contributed by atoms with Gasteiger partial charge in [-0.05, 0) is 42.3 Å². The fourth-order valence-electron chi connectivity index (χ4n) is 3.31. The van der Waals surface area contributed by atoms with Crippen LogP contribution in [0.4, 0.5) is 5.69 Å². The zero-order valence-corrected chi connectivity index (χ0v) is 15.3. The van der Waals surface area contributed by atoms with Crippen molar-refractivity contribution in [2.75, 3.05) is 0 Å². The Bertz CT molecular complexity index is 1010. The summed E-state index contributed by atoms with van der Waals surface area (Å²) in [5, 5.41) is 0. The van der Waals surface area contributed by atoms with E-state index >= 15 is 0 Å². The first kappa shape index (κ1) is 16.0. The first-order valence-electron chi connectivity index (χ1n) is 8.18. The summed E-state index contributed by atoms with van der Waals surface area (Å²) in [5.41, 5.74) is 5.49. The largest absolute Gasteiger partial charge is 0.293 e. The Morgan fingerprint density at radius 2 is 1.64 bits per heavy atom. The molecule has 0 fully saturated rings. The number of halogens is 1. The minimum absolute atomic E-state index is 0.111. The molecule has 0 saturated heterocycles. The molecule has 3 aromatic carbocycles. The number of aryl methyl sites for hydroxylation is 1. The summed E-state index contributed by atoms with van der Waals surface area (Å²) >= 11 is 3.51. The van der Waals surface area contributed by atoms with Crippen LogP contribution in [0.15, 0.2) is 82.3 Å². The normalized spacial score (nSPS) is 17.8. The van der Waals surface area contributed by atoms with Crippen LogP contribution in [0.25, 0.3) is 0 Å². The molecule has 0 unspecified atom stereocenters. The number of ketones is 1. The third kappa shape index (κ3) is 2.96. The van der Waals surface area contributed by atoms with Crippen LogP contribution in [0.2, 0.25) is 0 Å². The second-order valence-electron chi connectivity index (χ2n) is 6.23. The number of benzene rings is 3. The van der Waals surface area contributed by atoms with Crippen LogP contribution >= 0.6 is 15.9 Å². The zero-order valence-electron chi connectivity index (χ0n) is 13.7. The van der Waals surface area contributed by atoms with E-state index in [1.54, 1.807) is 0 Å². The molecule has 1 aliphatic carbocycles. The van der Waals surface area contributed by atoms with Gasteiger partial charge in [0.25, 0.3) is 0 Å². The molecule has 0 aromatic heterocycles. The highest BCUT2D eigenvalue weighted by atomic mass is 79.9. The first-order valence-corrected chi connectivity index (χ1v) is 8.97. The van der Waals surface area contributed by atoms with Gasteiger partial charge in [-0.25, -0.2) is 0 Å². The minimum atomic E-state index is -0.365. The maximum absolute atomic E-state index is 13.1. The molecule has 0 aliphatic heterocycles. The summed E-state index contributed by atoms with van der Waals surface area (Å²) in [6, 6.07) is 23.7. The van der Waals surface area contributed by atoms with Crippen molar-refractivity contribution in [2.45, 2.75) is 12.8 Å². The van der Waals surface area contributed by atoms with Crippen molar-refractivity contribution >= 4 is 33.1 Å². The SMILES string of the molecule is Cc1cccc(N=C2c3ccccc3C(=O)[C@H]2c2cccc(Br)c2)c1. The monoisotopic (exact) mass is 389 g/mol. The standard InChI is InChI=1S/C22H16BrNO/c1-14-6-4-9-17(12-14)24-21-18-10-2-3-11-19(18)22(25)20(21)15-7-5-8-16(23)13-15/h2-13,20H,1H3/t20-/m0/s1. The van der Waals surface area contributed by atoms with Gasteiger partial charge in [-0.15, -0.1) is 0 Å². The second kappa shape index (κ2) is 6.41. The summed E-state index contributed by atoms with van der Waals surface area (Å²) in [6.07, 6.45) is 0. The van der Waals surface area contributed by atoms with Gasteiger partial charge in [0.15, 0.2) is 5.78 Å². The number of carbonyl (C=O) groups excluding carboxylic acids is 1. The Kier molecular flexibility index (Phi) is 4.10. The van der Waals surface area contributed by atoms with Crippen molar-refractivity contribution < 1.29 is 4.79 Å². The van der Waals surface area contributed by atoms with Crippen molar-refractivity contribution in [1.29, 1.82) is 0 Å². The Morgan fingerprint density at radius 1 is 0.880 bits per heavy atom. The minimum Gasteiger partial charge on any atom is -0.293 e. The van der Waals surface area contributed by atoms with Crippen LogP contribution < -0.4 is 0 Å². The highest BCUT2D eigenvalue weighted by molar-refractivity contribution is 9.10. The van der Waals surface area contributed by atoms with E-state index in [0.717, 1.165) is 38.1 Å². The number of nitrogens with zero attached hydrogens (tertiary/aromatic N) is 1. The molecular weight excluding hydrogens is 374 g/mol. The van der Waals surface area contributed by atoms with Gasteiger partial charge in [-0.2, -0.15) is 0 Å². The molecular formula is C22H16BrNO. The second-order valence-corrected chi connectivity index (χ2v) is 7.15. The van der Waals surface area contributed by atoms with Crippen molar-refractivity contribution in [2.24, 2.45) is 4.99 Å². The number of fused-ring (bicyclic) bond motifs is 1. The Labute approximate surface area is 155 Å². The molecule has 122 valence electrons. The maximum atomic E-state index is 13.1. The molecule has 0 radical (unpaired) electrons. The molecule has 0 N–H and O–H groups in total. The predicted octanol–water partition coefficient (Wildman–Crippen LogP) is 5.86. The lowest BCUT2D eigenvalue weighted by Crippen LogP contribution is -2.13. The molecule has 1 atom stereocenters. The topological polar surface area (TPSA) is 29.4 Å². The molecule has 2 nitrogen and oxygen atoms in total. The van der Waals surface area contributed by atoms with Gasteiger partial charge in [-0.1, -0.05) is 64.5 Å². The molecule has 3 aromatic rings. The molecule has 0 bridgehead atoms. The summed E-state index contributed by atoms with van der Waals surface area (Å²) in [6.45, 7) is 2.04. The Morgan fingerprint density at radius 3 is 2.40 bits per heavy atom. The Hall–Kier alpha value is -2.52. The first-order chi connectivity index (χ1) is 12.1. The van der Waals surface area contributed by atoms with E-state index in [1.807, 2.05) is 79.7 Å². The number of hydrogen-bond donors (Lipinski definition) is 0. The lowest BCUT2D eigenvalue weighted by Gasteiger charge is -2.12. The van der Waals surface area contributed by atoms with Crippen molar-refractivity contribution in [3.05, 3.63) is 99.5 Å². The fraction of sp³-hybridized carbons (Fsp3) is 0.0909. The van der Waals surface area contributed by atoms with Crippen LogP contribution in [0.3, 0.4) is 0 Å². The van der Waals surface area contributed by atoms with Crippen molar-refractivity contribution in [1.82, 2.24) is 0 Å². The van der Waals surface area contributed by atoms with E-state index in [4.69, 9.17) is 4.99 Å². The average Bonchev–Trinajstić information content (AvgIpc) is 2.88. The van der Waals surface area contributed by atoms with Gasteiger partial charge < -0.3 is 0 Å². The lowest BCUT2D eigenvalue weighted by molar-refractivity contribution is 0.0988. The van der Waals surface area contributed by atoms with Gasteiger partial charge in [-0.3, -0.25) is 9.79 Å². The van der Waals surface area contributed by atoms with E-state index in [1.165, 1.54) is 0 Å². The Balaban J connectivity index is 1.92. The third-order valence-electron chi connectivity index (χ3n) is 4.44. The fourth-order valence-corrected chi connectivity index (χ4v) is 3.73. The number of rotatable bonds is 2. The molecule has 3 heteroatoms. The van der Waals surface area contributed by atoms with Crippen LogP contribution in [-0.4, -0.2) is 11.5 Å². The van der Waals surface area contributed by atoms with Crippen molar-refractivity contribution in [3.8, 4) is 0 Å². The number of aliphatic imine (C=N–C) groups is 1. The predicted molar refractivity (Wildman–Crippen MR) is 105 cm³/mol. The van der Waals surface area contributed by atoms with Crippen LogP contribution in [0, 0.1) is 6.92 Å². The van der Waals surface area contributed by atoms with Crippen LogP contribution in [0.5, 0.6) is 0 Å². The number of Topliss-reactive ketones (excluding diaryl/α,β-unsaturated/α-hetero) is 1.